The minimum Gasteiger partial charge on any atom is -0.457 e. The van der Waals surface area contributed by atoms with Crippen LogP contribution >= 0.6 is 0 Å². The molecule has 53 heavy (non-hydrogen) atoms. The van der Waals surface area contributed by atoms with Gasteiger partial charge in [0.1, 0.15) is 23.0 Å². The molecule has 4 bridgehead atoms. The SMILES string of the molecule is O=C1[C@H]2[C@H](C(=O)N1c1cccc(Oc3ccc(S(=O)(=O)c4ccc(Oc5cccc(N6C(=O)[C@H]7[C@H](C6=O)[C@H]6C=C[C@H]7C6)c5)cc4)cc3)c1)[C@H]1C=C[C@H]2C1. The summed E-state index contributed by atoms with van der Waals surface area (Å²) in [4.78, 5) is 55.8. The highest BCUT2D eigenvalue weighted by Crippen LogP contribution is 2.54. The number of rotatable bonds is 8. The van der Waals surface area contributed by atoms with Crippen LogP contribution in [0.25, 0.3) is 0 Å². The summed E-state index contributed by atoms with van der Waals surface area (Å²) in [5.74, 6) is 0.166. The Morgan fingerprint density at radius 2 is 0.792 bits per heavy atom. The second kappa shape index (κ2) is 11.6. The van der Waals surface area contributed by atoms with E-state index in [1.54, 1.807) is 72.8 Å². The van der Waals surface area contributed by atoms with Gasteiger partial charge in [-0.25, -0.2) is 18.2 Å². The maximum atomic E-state index is 13.5. The van der Waals surface area contributed by atoms with Gasteiger partial charge in [0.2, 0.25) is 33.5 Å². The number of carbonyl (C=O) groups is 4. The number of hydrogen-bond acceptors (Lipinski definition) is 8. The molecule has 8 atom stereocenters. The first-order valence-corrected chi connectivity index (χ1v) is 19.3. The van der Waals surface area contributed by atoms with E-state index >= 15 is 0 Å². The lowest BCUT2D eigenvalue weighted by Crippen LogP contribution is -2.32. The van der Waals surface area contributed by atoms with Gasteiger partial charge in [0, 0.05) is 12.1 Å². The van der Waals surface area contributed by atoms with Crippen LogP contribution in [0.4, 0.5) is 11.4 Å². The Bertz CT molecular complexity index is 2200. The minimum absolute atomic E-state index is 0.0661. The number of sulfone groups is 1. The molecule has 0 unspecified atom stereocenters. The molecule has 0 radical (unpaired) electrons. The zero-order chi connectivity index (χ0) is 36.2. The molecule has 4 aromatic carbocycles. The highest BCUT2D eigenvalue weighted by Gasteiger charge is 2.60. The van der Waals surface area contributed by atoms with Crippen molar-refractivity contribution < 1.29 is 37.1 Å². The van der Waals surface area contributed by atoms with Crippen molar-refractivity contribution >= 4 is 44.8 Å². The number of fused-ring (bicyclic) bond motifs is 10. The summed E-state index contributed by atoms with van der Waals surface area (Å²) >= 11 is 0. The number of benzene rings is 4. The van der Waals surface area contributed by atoms with Gasteiger partial charge in [-0.1, -0.05) is 36.4 Å². The third-order valence-corrected chi connectivity index (χ3v) is 13.6. The fourth-order valence-corrected chi connectivity index (χ4v) is 10.7. The number of ether oxygens (including phenoxy) is 2. The van der Waals surface area contributed by atoms with Crippen LogP contribution < -0.4 is 19.3 Å². The second-order valence-corrected chi connectivity index (χ2v) is 16.6. The molecule has 2 saturated heterocycles. The average molecular weight is 725 g/mol. The van der Waals surface area contributed by atoms with Gasteiger partial charge in [0.25, 0.3) is 0 Å². The first-order chi connectivity index (χ1) is 25.7. The fraction of sp³-hybridized carbons (Fsp3) is 0.238. The summed E-state index contributed by atoms with van der Waals surface area (Å²) < 4.78 is 39.1. The van der Waals surface area contributed by atoms with Crippen molar-refractivity contribution in [2.75, 3.05) is 9.80 Å². The van der Waals surface area contributed by atoms with Gasteiger partial charge in [-0.05, 0) is 109 Å². The zero-order valence-corrected chi connectivity index (χ0v) is 29.0. The number of imide groups is 2. The number of carbonyl (C=O) groups excluding carboxylic acids is 4. The number of anilines is 2. The van der Waals surface area contributed by atoms with Crippen LogP contribution in [0.15, 0.2) is 131 Å². The van der Waals surface area contributed by atoms with Crippen LogP contribution in [0.2, 0.25) is 0 Å². The minimum atomic E-state index is -3.89. The van der Waals surface area contributed by atoms with Crippen molar-refractivity contribution in [2.45, 2.75) is 22.6 Å². The molecule has 2 heterocycles. The predicted octanol–water partition coefficient (Wildman–Crippen LogP) is 6.73. The number of hydrogen-bond donors (Lipinski definition) is 0. The highest BCUT2D eigenvalue weighted by molar-refractivity contribution is 7.91. The standard InChI is InChI=1S/C42H32N2O8S/c45-39-35-23-7-8-24(19-23)36(35)40(46)43(39)27-3-1-5-31(21-27)51-29-11-15-33(16-12-29)53(49,50)34-17-13-30(14-18-34)52-32-6-2-4-28(22-32)44-41(47)37-25-9-10-26(20-25)38(37)42(44)48/h1-18,21-26,35-38H,19-20H2/t23-,24-,25-,26-,35+,36+,37+,38+/m0/s1. The van der Waals surface area contributed by atoms with Gasteiger partial charge >= 0.3 is 0 Å². The van der Waals surface area contributed by atoms with Crippen LogP contribution in [0, 0.1) is 47.3 Å². The van der Waals surface area contributed by atoms with Crippen molar-refractivity contribution in [3.05, 3.63) is 121 Å². The lowest BCUT2D eigenvalue weighted by Gasteiger charge is -2.18. The van der Waals surface area contributed by atoms with Gasteiger partial charge in [-0.3, -0.25) is 19.2 Å². The summed E-state index contributed by atoms with van der Waals surface area (Å²) in [6, 6.07) is 25.6. The van der Waals surface area contributed by atoms with E-state index in [0.29, 0.717) is 34.4 Å². The number of allylic oxidation sites excluding steroid dienone is 4. The van der Waals surface area contributed by atoms with Gasteiger partial charge in [-0.2, -0.15) is 0 Å². The molecule has 264 valence electrons. The van der Waals surface area contributed by atoms with E-state index in [2.05, 4.69) is 24.3 Å². The molecule has 0 spiro atoms. The van der Waals surface area contributed by atoms with E-state index in [9.17, 15) is 27.6 Å². The highest BCUT2D eigenvalue weighted by atomic mass is 32.2. The van der Waals surface area contributed by atoms with Gasteiger partial charge in [0.05, 0.1) is 44.8 Å². The maximum Gasteiger partial charge on any atom is 0.238 e. The zero-order valence-electron chi connectivity index (χ0n) is 28.1. The van der Waals surface area contributed by atoms with E-state index in [0.717, 1.165) is 12.8 Å². The molecule has 2 aliphatic heterocycles. The van der Waals surface area contributed by atoms with Crippen LogP contribution in [0.1, 0.15) is 12.8 Å². The Morgan fingerprint density at radius 1 is 0.453 bits per heavy atom. The number of amides is 4. The van der Waals surface area contributed by atoms with Crippen molar-refractivity contribution in [1.29, 1.82) is 0 Å². The third-order valence-electron chi connectivity index (χ3n) is 11.8. The molecule has 6 aliphatic rings. The van der Waals surface area contributed by atoms with Gasteiger partial charge < -0.3 is 9.47 Å². The molecule has 10 nitrogen and oxygen atoms in total. The Balaban J connectivity index is 0.806. The summed E-state index contributed by atoms with van der Waals surface area (Å²) in [5.41, 5.74) is 0.905. The largest absolute Gasteiger partial charge is 0.457 e. The summed E-state index contributed by atoms with van der Waals surface area (Å²) in [6.07, 6.45) is 9.96. The molecule has 2 saturated carbocycles. The topological polar surface area (TPSA) is 127 Å². The molecule has 10 rings (SSSR count). The molecule has 0 N–H and O–H groups in total. The summed E-state index contributed by atoms with van der Waals surface area (Å²) in [5, 5.41) is 0. The van der Waals surface area contributed by atoms with Gasteiger partial charge in [-0.15, -0.1) is 0 Å². The maximum absolute atomic E-state index is 13.5. The van der Waals surface area contributed by atoms with E-state index in [-0.39, 0.29) is 80.8 Å². The van der Waals surface area contributed by atoms with E-state index in [1.165, 1.54) is 34.1 Å². The quantitative estimate of drug-likeness (QED) is 0.145. The molecule has 4 aliphatic carbocycles. The second-order valence-electron chi connectivity index (χ2n) is 14.7. The van der Waals surface area contributed by atoms with Crippen LogP contribution in [0.3, 0.4) is 0 Å². The predicted molar refractivity (Wildman–Crippen MR) is 192 cm³/mol. The third kappa shape index (κ3) is 4.86. The van der Waals surface area contributed by atoms with E-state index < -0.39 is 9.84 Å². The lowest BCUT2D eigenvalue weighted by atomic mass is 9.85. The molecule has 0 aromatic heterocycles. The fourth-order valence-electron chi connectivity index (χ4n) is 9.47. The Labute approximate surface area is 305 Å². The monoisotopic (exact) mass is 724 g/mol. The molecule has 4 fully saturated rings. The first-order valence-electron chi connectivity index (χ1n) is 17.8. The van der Waals surface area contributed by atoms with E-state index in [4.69, 9.17) is 9.47 Å². The first kappa shape index (κ1) is 31.9. The van der Waals surface area contributed by atoms with Crippen LogP contribution in [-0.2, 0) is 29.0 Å². The van der Waals surface area contributed by atoms with Crippen LogP contribution in [0.5, 0.6) is 23.0 Å². The Morgan fingerprint density at radius 3 is 1.13 bits per heavy atom. The molecular formula is C42H32N2O8S. The average Bonchev–Trinajstić information content (AvgIpc) is 4.02. The van der Waals surface area contributed by atoms with Crippen LogP contribution in [-0.4, -0.2) is 32.0 Å². The molecule has 4 amide bonds. The molecule has 11 heteroatoms. The normalized spacial score (nSPS) is 29.1. The van der Waals surface area contributed by atoms with Crippen molar-refractivity contribution in [3.8, 4) is 23.0 Å². The molecule has 4 aromatic rings. The number of nitrogens with zero attached hydrogens (tertiary/aromatic N) is 2. The van der Waals surface area contributed by atoms with Crippen molar-refractivity contribution in [3.63, 3.8) is 0 Å². The Kier molecular flexibility index (Phi) is 6.98. The van der Waals surface area contributed by atoms with E-state index in [1.807, 2.05) is 0 Å². The van der Waals surface area contributed by atoms with Crippen molar-refractivity contribution in [2.24, 2.45) is 47.3 Å². The van der Waals surface area contributed by atoms with Gasteiger partial charge in [0.15, 0.2) is 0 Å². The van der Waals surface area contributed by atoms with Crippen molar-refractivity contribution in [1.82, 2.24) is 0 Å². The summed E-state index contributed by atoms with van der Waals surface area (Å²) in [6.45, 7) is 0. The molecular weight excluding hydrogens is 693 g/mol. The summed E-state index contributed by atoms with van der Waals surface area (Å²) in [7, 11) is -3.89. The smallest absolute Gasteiger partial charge is 0.238 e. The Hall–Kier alpha value is -5.81. The lowest BCUT2D eigenvalue weighted by molar-refractivity contribution is -0.124.